The molecule has 2 aromatic rings. The highest BCUT2D eigenvalue weighted by molar-refractivity contribution is 5.94. The zero-order chi connectivity index (χ0) is 17.4. The van der Waals surface area contributed by atoms with Crippen molar-refractivity contribution in [3.8, 4) is 5.75 Å². The summed E-state index contributed by atoms with van der Waals surface area (Å²) < 4.78 is 5.57. The SMILES string of the molecule is Nc1ccc(C(=O)N[C@@H](c2ccc3c(c2)CCO3)C2CC(O)C2)cn1. The molecule has 0 unspecified atom stereocenters. The second-order valence-corrected chi connectivity index (χ2v) is 6.77. The molecule has 2 aliphatic rings. The molecule has 1 aromatic heterocycles. The summed E-state index contributed by atoms with van der Waals surface area (Å²) in [7, 11) is 0. The molecule has 0 saturated heterocycles. The number of aliphatic hydroxyl groups is 1. The van der Waals surface area contributed by atoms with Crippen LogP contribution in [0, 0.1) is 5.92 Å². The number of amides is 1. The van der Waals surface area contributed by atoms with Crippen LogP contribution >= 0.6 is 0 Å². The van der Waals surface area contributed by atoms with Crippen molar-refractivity contribution >= 4 is 11.7 Å². The molecule has 1 aliphatic heterocycles. The number of nitrogens with one attached hydrogen (secondary N) is 1. The standard InChI is InChI=1S/C19H21N3O3/c20-17-4-2-13(10-21-17)19(24)22-18(14-8-15(23)9-14)12-1-3-16-11(7-12)5-6-25-16/h1-4,7,10,14-15,18,23H,5-6,8-9H2,(H2,20,21)(H,22,24)/t14?,15?,18-/m0/s1. The third-order valence-corrected chi connectivity index (χ3v) is 5.03. The Morgan fingerprint density at radius 1 is 1.32 bits per heavy atom. The van der Waals surface area contributed by atoms with Crippen molar-refractivity contribution in [2.45, 2.75) is 31.4 Å². The van der Waals surface area contributed by atoms with Crippen LogP contribution in [0.15, 0.2) is 36.5 Å². The van der Waals surface area contributed by atoms with Crippen LogP contribution in [0.4, 0.5) is 5.82 Å². The summed E-state index contributed by atoms with van der Waals surface area (Å²) in [4.78, 5) is 16.6. The number of nitrogens with two attached hydrogens (primary N) is 1. The number of pyridine rings is 1. The average Bonchev–Trinajstić information content (AvgIpc) is 3.05. The van der Waals surface area contributed by atoms with Crippen molar-refractivity contribution in [3.63, 3.8) is 0 Å². The largest absolute Gasteiger partial charge is 0.493 e. The number of nitrogen functional groups attached to an aromatic ring is 1. The van der Waals surface area contributed by atoms with Gasteiger partial charge >= 0.3 is 0 Å². The van der Waals surface area contributed by atoms with Crippen LogP contribution in [0.3, 0.4) is 0 Å². The van der Waals surface area contributed by atoms with Gasteiger partial charge in [-0.3, -0.25) is 4.79 Å². The van der Waals surface area contributed by atoms with E-state index >= 15 is 0 Å². The number of ether oxygens (including phenoxy) is 1. The van der Waals surface area contributed by atoms with E-state index in [-0.39, 0.29) is 24.0 Å². The van der Waals surface area contributed by atoms with E-state index in [0.29, 0.717) is 30.8 Å². The van der Waals surface area contributed by atoms with Crippen LogP contribution in [0.1, 0.15) is 40.4 Å². The van der Waals surface area contributed by atoms with Gasteiger partial charge in [-0.15, -0.1) is 0 Å². The van der Waals surface area contributed by atoms with Gasteiger partial charge in [0, 0.05) is 12.6 Å². The predicted octanol–water partition coefficient (Wildman–Crippen LogP) is 1.84. The Morgan fingerprint density at radius 2 is 2.16 bits per heavy atom. The third-order valence-electron chi connectivity index (χ3n) is 5.03. The van der Waals surface area contributed by atoms with Gasteiger partial charge in [0.2, 0.25) is 0 Å². The third kappa shape index (κ3) is 3.17. The van der Waals surface area contributed by atoms with Gasteiger partial charge in [-0.1, -0.05) is 6.07 Å². The Labute approximate surface area is 146 Å². The van der Waals surface area contributed by atoms with Crippen LogP contribution in [0.5, 0.6) is 5.75 Å². The van der Waals surface area contributed by atoms with E-state index in [1.807, 2.05) is 12.1 Å². The Kier molecular flexibility index (Phi) is 4.05. The Hall–Kier alpha value is -2.60. The maximum Gasteiger partial charge on any atom is 0.253 e. The van der Waals surface area contributed by atoms with E-state index in [0.717, 1.165) is 17.7 Å². The minimum absolute atomic E-state index is 0.139. The second-order valence-electron chi connectivity index (χ2n) is 6.77. The van der Waals surface area contributed by atoms with Gasteiger partial charge in [-0.25, -0.2) is 4.98 Å². The van der Waals surface area contributed by atoms with Gasteiger partial charge in [-0.2, -0.15) is 0 Å². The van der Waals surface area contributed by atoms with E-state index in [2.05, 4.69) is 16.4 Å². The van der Waals surface area contributed by atoms with Crippen molar-refractivity contribution in [1.82, 2.24) is 10.3 Å². The number of aliphatic hydroxyl groups excluding tert-OH is 1. The first kappa shape index (κ1) is 15.9. The summed E-state index contributed by atoms with van der Waals surface area (Å²) in [5, 5.41) is 12.8. The molecule has 1 aromatic carbocycles. The fourth-order valence-electron chi connectivity index (χ4n) is 3.54. The molecule has 1 amide bonds. The minimum Gasteiger partial charge on any atom is -0.493 e. The average molecular weight is 339 g/mol. The summed E-state index contributed by atoms with van der Waals surface area (Å²) in [5.74, 6) is 1.34. The number of benzene rings is 1. The molecule has 0 bridgehead atoms. The van der Waals surface area contributed by atoms with Crippen LogP contribution in [-0.2, 0) is 6.42 Å². The zero-order valence-electron chi connectivity index (χ0n) is 13.8. The maximum atomic E-state index is 12.6. The van der Waals surface area contributed by atoms with Crippen LogP contribution < -0.4 is 15.8 Å². The molecule has 6 heteroatoms. The van der Waals surface area contributed by atoms with Crippen molar-refractivity contribution < 1.29 is 14.6 Å². The molecule has 1 aliphatic carbocycles. The number of anilines is 1. The zero-order valence-corrected chi connectivity index (χ0v) is 13.8. The highest BCUT2D eigenvalue weighted by Crippen LogP contribution is 2.39. The number of rotatable bonds is 4. The normalized spacial score (nSPS) is 22.4. The fourth-order valence-corrected chi connectivity index (χ4v) is 3.54. The van der Waals surface area contributed by atoms with E-state index in [9.17, 15) is 9.90 Å². The number of aromatic nitrogens is 1. The molecule has 130 valence electrons. The maximum absolute atomic E-state index is 12.6. The fraction of sp³-hybridized carbons (Fsp3) is 0.368. The van der Waals surface area contributed by atoms with Gasteiger partial charge in [0.15, 0.2) is 0 Å². The molecule has 1 fully saturated rings. The molecule has 25 heavy (non-hydrogen) atoms. The van der Waals surface area contributed by atoms with E-state index in [1.165, 1.54) is 11.8 Å². The number of fused-ring (bicyclic) bond motifs is 1. The lowest BCUT2D eigenvalue weighted by Gasteiger charge is -2.38. The number of hydrogen-bond acceptors (Lipinski definition) is 5. The molecule has 0 spiro atoms. The quantitative estimate of drug-likeness (QED) is 0.790. The highest BCUT2D eigenvalue weighted by Gasteiger charge is 2.36. The van der Waals surface area contributed by atoms with E-state index in [4.69, 9.17) is 10.5 Å². The van der Waals surface area contributed by atoms with E-state index in [1.54, 1.807) is 12.1 Å². The number of nitrogens with zero attached hydrogens (tertiary/aromatic N) is 1. The summed E-state index contributed by atoms with van der Waals surface area (Å²) in [6.07, 6.45) is 3.48. The van der Waals surface area contributed by atoms with Crippen molar-refractivity contribution in [2.24, 2.45) is 5.92 Å². The summed E-state index contributed by atoms with van der Waals surface area (Å²) >= 11 is 0. The Morgan fingerprint density at radius 3 is 2.88 bits per heavy atom. The van der Waals surface area contributed by atoms with Gasteiger partial charge in [0.05, 0.1) is 24.3 Å². The summed E-state index contributed by atoms with van der Waals surface area (Å²) in [6.45, 7) is 0.703. The first-order chi connectivity index (χ1) is 12.1. The second kappa shape index (κ2) is 6.37. The monoisotopic (exact) mass is 339 g/mol. The molecular formula is C19H21N3O3. The molecule has 2 heterocycles. The molecule has 4 N–H and O–H groups in total. The summed E-state index contributed by atoms with van der Waals surface area (Å²) in [5.41, 5.74) is 8.28. The molecule has 1 saturated carbocycles. The van der Waals surface area contributed by atoms with Crippen LogP contribution in [0.2, 0.25) is 0 Å². The lowest BCUT2D eigenvalue weighted by atomic mass is 9.74. The molecule has 6 nitrogen and oxygen atoms in total. The molecular weight excluding hydrogens is 318 g/mol. The molecule has 1 atom stereocenters. The predicted molar refractivity (Wildman–Crippen MR) is 93.2 cm³/mol. The Balaban J connectivity index is 1.58. The van der Waals surface area contributed by atoms with Crippen LogP contribution in [0.25, 0.3) is 0 Å². The number of carbonyl (C=O) groups excluding carboxylic acids is 1. The Bertz CT molecular complexity index is 785. The number of carbonyl (C=O) groups is 1. The van der Waals surface area contributed by atoms with E-state index < -0.39 is 0 Å². The van der Waals surface area contributed by atoms with Crippen molar-refractivity contribution in [2.75, 3.05) is 12.3 Å². The van der Waals surface area contributed by atoms with Crippen LogP contribution in [-0.4, -0.2) is 28.7 Å². The lowest BCUT2D eigenvalue weighted by Crippen LogP contribution is -2.41. The van der Waals surface area contributed by atoms with Gasteiger partial charge in [0.1, 0.15) is 11.6 Å². The first-order valence-corrected chi connectivity index (χ1v) is 8.56. The van der Waals surface area contributed by atoms with Gasteiger partial charge in [-0.05, 0) is 54.2 Å². The van der Waals surface area contributed by atoms with Gasteiger partial charge in [0.25, 0.3) is 5.91 Å². The topological polar surface area (TPSA) is 97.5 Å². The summed E-state index contributed by atoms with van der Waals surface area (Å²) in [6, 6.07) is 9.22. The minimum atomic E-state index is -0.277. The van der Waals surface area contributed by atoms with Crippen molar-refractivity contribution in [3.05, 3.63) is 53.2 Å². The first-order valence-electron chi connectivity index (χ1n) is 8.56. The number of hydrogen-bond donors (Lipinski definition) is 3. The smallest absolute Gasteiger partial charge is 0.253 e. The van der Waals surface area contributed by atoms with Crippen molar-refractivity contribution in [1.29, 1.82) is 0 Å². The highest BCUT2D eigenvalue weighted by atomic mass is 16.5. The van der Waals surface area contributed by atoms with Gasteiger partial charge < -0.3 is 20.9 Å². The molecule has 4 rings (SSSR count). The molecule has 0 radical (unpaired) electrons. The lowest BCUT2D eigenvalue weighted by molar-refractivity contribution is 0.0235.